The maximum atomic E-state index is 13.2. The lowest BCUT2D eigenvalue weighted by atomic mass is 9.85. The molecule has 0 aromatic heterocycles. The average molecular weight is 589 g/mol. The number of nitrogens with one attached hydrogen (secondary N) is 1. The highest BCUT2D eigenvalue weighted by Gasteiger charge is 2.39. The van der Waals surface area contributed by atoms with Gasteiger partial charge in [-0.05, 0) is 62.4 Å². The Morgan fingerprint density at radius 2 is 1.54 bits per heavy atom. The van der Waals surface area contributed by atoms with Gasteiger partial charge in [-0.2, -0.15) is 5.10 Å². The van der Waals surface area contributed by atoms with E-state index in [-0.39, 0.29) is 12.2 Å². The summed E-state index contributed by atoms with van der Waals surface area (Å²) in [5.74, 6) is -0.839. The van der Waals surface area contributed by atoms with Crippen LogP contribution in [0.1, 0.15) is 32.6 Å². The number of ether oxygens (including phenoxy) is 2. The molecule has 4 aromatic rings. The van der Waals surface area contributed by atoms with E-state index in [1.165, 1.54) is 25.5 Å². The fraction of sp³-hybridized carbons (Fsp3) is 0.100. The van der Waals surface area contributed by atoms with Gasteiger partial charge in [0.25, 0.3) is 5.91 Å². The quantitative estimate of drug-likeness (QED) is 0.175. The molecule has 3 N–H and O–H groups in total. The van der Waals surface area contributed by atoms with Gasteiger partial charge < -0.3 is 19.7 Å². The Kier molecular flexibility index (Phi) is 8.75. The number of aliphatic hydroxyl groups is 1. The zero-order valence-electron chi connectivity index (χ0n) is 20.9. The van der Waals surface area contributed by atoms with Crippen LogP contribution in [0.2, 0.25) is 0 Å². The van der Waals surface area contributed by atoms with Gasteiger partial charge in [0.2, 0.25) is 0 Å². The number of carbonyl (C=O) groups is 2. The lowest BCUT2D eigenvalue weighted by Crippen LogP contribution is -2.43. The van der Waals surface area contributed by atoms with Crippen molar-refractivity contribution in [3.63, 3.8) is 0 Å². The number of halogens is 1. The summed E-state index contributed by atoms with van der Waals surface area (Å²) in [7, 11) is 1.50. The SMILES string of the molecule is COc1cc(/C=N/NC(=O)C(O)(c2ccccc2)c2ccccc2)cc(Br)c1OCc1ccc(C(=O)O)cc1. The van der Waals surface area contributed by atoms with Crippen molar-refractivity contribution in [3.05, 3.63) is 129 Å². The van der Waals surface area contributed by atoms with Gasteiger partial charge in [0.1, 0.15) is 6.61 Å². The number of benzene rings is 4. The molecule has 39 heavy (non-hydrogen) atoms. The van der Waals surface area contributed by atoms with Crippen LogP contribution in [0.4, 0.5) is 0 Å². The molecule has 0 aliphatic carbocycles. The fourth-order valence-electron chi connectivity index (χ4n) is 3.89. The van der Waals surface area contributed by atoms with Crippen LogP contribution in [0.25, 0.3) is 0 Å². The van der Waals surface area contributed by atoms with E-state index in [9.17, 15) is 14.7 Å². The van der Waals surface area contributed by atoms with E-state index in [0.29, 0.717) is 32.7 Å². The maximum Gasteiger partial charge on any atom is 0.335 e. The number of amides is 1. The number of carbonyl (C=O) groups excluding carboxylic acids is 1. The minimum Gasteiger partial charge on any atom is -0.493 e. The topological polar surface area (TPSA) is 117 Å². The van der Waals surface area contributed by atoms with E-state index in [1.54, 1.807) is 84.9 Å². The Morgan fingerprint density at radius 1 is 0.949 bits per heavy atom. The van der Waals surface area contributed by atoms with Crippen molar-refractivity contribution < 1.29 is 29.3 Å². The second kappa shape index (κ2) is 12.4. The molecule has 0 aliphatic heterocycles. The molecular formula is C30H25BrN2O6. The molecule has 0 saturated carbocycles. The second-order valence-corrected chi connectivity index (χ2v) is 9.32. The van der Waals surface area contributed by atoms with Crippen LogP contribution in [0.15, 0.2) is 107 Å². The van der Waals surface area contributed by atoms with Crippen molar-refractivity contribution in [1.82, 2.24) is 5.43 Å². The van der Waals surface area contributed by atoms with E-state index in [2.05, 4.69) is 26.5 Å². The first kappa shape index (κ1) is 27.6. The fourth-order valence-corrected chi connectivity index (χ4v) is 4.46. The first-order chi connectivity index (χ1) is 18.8. The third-order valence-corrected chi connectivity index (χ3v) is 6.52. The summed E-state index contributed by atoms with van der Waals surface area (Å²) in [5.41, 5.74) is 2.90. The molecule has 0 fully saturated rings. The molecule has 0 unspecified atom stereocenters. The molecule has 1 amide bonds. The van der Waals surface area contributed by atoms with Crippen molar-refractivity contribution in [3.8, 4) is 11.5 Å². The molecule has 0 radical (unpaired) electrons. The van der Waals surface area contributed by atoms with Crippen LogP contribution in [0, 0.1) is 0 Å². The Morgan fingerprint density at radius 3 is 2.08 bits per heavy atom. The van der Waals surface area contributed by atoms with E-state index in [0.717, 1.165) is 5.56 Å². The number of methoxy groups -OCH3 is 1. The van der Waals surface area contributed by atoms with Crippen molar-refractivity contribution in [2.45, 2.75) is 12.2 Å². The molecular weight excluding hydrogens is 564 g/mol. The number of aromatic carboxylic acids is 1. The van der Waals surface area contributed by atoms with E-state index >= 15 is 0 Å². The molecule has 0 aliphatic rings. The van der Waals surface area contributed by atoms with Crippen LogP contribution < -0.4 is 14.9 Å². The number of hydrazone groups is 1. The van der Waals surface area contributed by atoms with Crippen LogP contribution in [-0.2, 0) is 17.0 Å². The van der Waals surface area contributed by atoms with Crippen molar-refractivity contribution in [1.29, 1.82) is 0 Å². The summed E-state index contributed by atoms with van der Waals surface area (Å²) in [4.78, 5) is 24.3. The number of carboxylic acid groups (broad SMARTS) is 1. The van der Waals surface area contributed by atoms with E-state index < -0.39 is 17.5 Å². The Labute approximate surface area is 233 Å². The van der Waals surface area contributed by atoms with Crippen LogP contribution >= 0.6 is 15.9 Å². The van der Waals surface area contributed by atoms with Crippen LogP contribution in [-0.4, -0.2) is 35.4 Å². The zero-order chi connectivity index (χ0) is 27.8. The number of rotatable bonds is 10. The summed E-state index contributed by atoms with van der Waals surface area (Å²) < 4.78 is 12.0. The molecule has 4 aromatic carbocycles. The molecule has 198 valence electrons. The minimum atomic E-state index is -1.95. The Bertz CT molecular complexity index is 1440. The molecule has 8 nitrogen and oxygen atoms in total. The van der Waals surface area contributed by atoms with Gasteiger partial charge in [0, 0.05) is 0 Å². The standard InChI is InChI=1S/C30H25BrN2O6/c1-38-26-17-21(16-25(31)27(26)39-19-20-12-14-22(15-13-20)28(34)35)18-32-33-29(36)30(37,23-8-4-2-5-9-23)24-10-6-3-7-11-24/h2-18,37H,19H2,1H3,(H,33,36)(H,34,35)/b32-18+. The first-order valence-corrected chi connectivity index (χ1v) is 12.6. The highest BCUT2D eigenvalue weighted by Crippen LogP contribution is 2.37. The Hall–Kier alpha value is -4.47. The second-order valence-electron chi connectivity index (χ2n) is 8.47. The van der Waals surface area contributed by atoms with Gasteiger partial charge in [-0.25, -0.2) is 10.2 Å². The van der Waals surface area contributed by atoms with E-state index in [1.807, 2.05) is 0 Å². The first-order valence-electron chi connectivity index (χ1n) is 11.8. The minimum absolute atomic E-state index is 0.190. The Balaban J connectivity index is 1.50. The van der Waals surface area contributed by atoms with Crippen molar-refractivity contribution in [2.24, 2.45) is 5.10 Å². The van der Waals surface area contributed by atoms with Gasteiger partial charge in [0.15, 0.2) is 17.1 Å². The summed E-state index contributed by atoms with van der Waals surface area (Å²) >= 11 is 3.49. The smallest absolute Gasteiger partial charge is 0.335 e. The highest BCUT2D eigenvalue weighted by atomic mass is 79.9. The molecule has 0 heterocycles. The molecule has 4 rings (SSSR count). The van der Waals surface area contributed by atoms with Gasteiger partial charge in [-0.15, -0.1) is 0 Å². The van der Waals surface area contributed by atoms with E-state index in [4.69, 9.17) is 14.6 Å². The third-order valence-electron chi connectivity index (χ3n) is 5.93. The van der Waals surface area contributed by atoms with Gasteiger partial charge in [-0.1, -0.05) is 72.8 Å². The number of hydrogen-bond acceptors (Lipinski definition) is 6. The summed E-state index contributed by atoms with van der Waals surface area (Å²) in [6.07, 6.45) is 1.43. The van der Waals surface area contributed by atoms with Gasteiger partial charge in [-0.3, -0.25) is 4.79 Å². The molecule has 0 saturated heterocycles. The maximum absolute atomic E-state index is 13.2. The van der Waals surface area contributed by atoms with Crippen molar-refractivity contribution in [2.75, 3.05) is 7.11 Å². The van der Waals surface area contributed by atoms with Gasteiger partial charge >= 0.3 is 5.97 Å². The van der Waals surface area contributed by atoms with Crippen LogP contribution in [0.3, 0.4) is 0 Å². The number of hydrogen-bond donors (Lipinski definition) is 3. The number of carboxylic acids is 1. The van der Waals surface area contributed by atoms with Crippen LogP contribution in [0.5, 0.6) is 11.5 Å². The predicted octanol–water partition coefficient (Wildman–Crippen LogP) is 5.12. The molecule has 9 heteroatoms. The largest absolute Gasteiger partial charge is 0.493 e. The average Bonchev–Trinajstić information content (AvgIpc) is 2.97. The third kappa shape index (κ3) is 6.34. The van der Waals surface area contributed by atoms with Crippen molar-refractivity contribution >= 4 is 34.0 Å². The lowest BCUT2D eigenvalue weighted by Gasteiger charge is -2.27. The summed E-state index contributed by atoms with van der Waals surface area (Å²) in [6, 6.07) is 27.1. The van der Waals surface area contributed by atoms with Gasteiger partial charge in [0.05, 0.1) is 23.4 Å². The lowest BCUT2D eigenvalue weighted by molar-refractivity contribution is -0.136. The highest BCUT2D eigenvalue weighted by molar-refractivity contribution is 9.10. The summed E-state index contributed by atoms with van der Waals surface area (Å²) in [6.45, 7) is 0.190. The zero-order valence-corrected chi connectivity index (χ0v) is 22.5. The molecule has 0 bridgehead atoms. The predicted molar refractivity (Wildman–Crippen MR) is 150 cm³/mol. The summed E-state index contributed by atoms with van der Waals surface area (Å²) in [5, 5.41) is 24.6. The molecule has 0 spiro atoms. The normalized spacial score (nSPS) is 11.3. The number of nitrogens with zero attached hydrogens (tertiary/aromatic N) is 1. The monoisotopic (exact) mass is 588 g/mol. The molecule has 0 atom stereocenters.